The zero-order valence-corrected chi connectivity index (χ0v) is 25.2. The lowest BCUT2D eigenvalue weighted by Crippen LogP contribution is -2.61. The first-order valence-corrected chi connectivity index (χ1v) is 16.2. The Labute approximate surface area is 241 Å². The summed E-state index contributed by atoms with van der Waals surface area (Å²) in [4.78, 5) is 35.3. The van der Waals surface area contributed by atoms with Crippen LogP contribution in [0.1, 0.15) is 145 Å². The highest BCUT2D eigenvalue weighted by molar-refractivity contribution is 5.77. The van der Waals surface area contributed by atoms with Crippen molar-refractivity contribution in [2.45, 2.75) is 154 Å². The summed E-state index contributed by atoms with van der Waals surface area (Å²) < 4.78 is 10.7. The molecule has 2 aliphatic carbocycles. The van der Waals surface area contributed by atoms with E-state index in [1.165, 1.54) is 77.0 Å². The highest BCUT2D eigenvalue weighted by Crippen LogP contribution is 2.55. The number of ether oxygens (including phenoxy) is 2. The molecule has 0 saturated heterocycles. The molecule has 0 aliphatic heterocycles. The smallest absolute Gasteiger partial charge is 0.222 e. The molecule has 7 nitrogen and oxygen atoms in total. The largest absolute Gasteiger partial charge is 0.379 e. The molecule has 0 heterocycles. The molecule has 0 unspecified atom stereocenters. The van der Waals surface area contributed by atoms with Gasteiger partial charge in [-0.2, -0.15) is 0 Å². The van der Waals surface area contributed by atoms with E-state index in [2.05, 4.69) is 17.6 Å². The Morgan fingerprint density at radius 2 is 1.03 bits per heavy atom. The van der Waals surface area contributed by atoms with E-state index in [1.807, 2.05) is 0 Å². The molecule has 0 radical (unpaired) electrons. The summed E-state index contributed by atoms with van der Waals surface area (Å²) in [6.45, 7) is 5.50. The summed E-state index contributed by atoms with van der Waals surface area (Å²) in [5.74, 6) is 0.369. The maximum Gasteiger partial charge on any atom is 0.222 e. The highest BCUT2D eigenvalue weighted by atomic mass is 16.5. The summed E-state index contributed by atoms with van der Waals surface area (Å²) in [7, 11) is 0. The summed E-state index contributed by atoms with van der Waals surface area (Å²) in [6.07, 6.45) is 22.8. The molecule has 7 heteroatoms. The van der Waals surface area contributed by atoms with Crippen LogP contribution in [0.4, 0.5) is 0 Å². The Hall–Kier alpha value is -1.47. The lowest BCUT2D eigenvalue weighted by Gasteiger charge is -2.57. The van der Waals surface area contributed by atoms with Crippen molar-refractivity contribution in [3.8, 4) is 0 Å². The van der Waals surface area contributed by atoms with Gasteiger partial charge in [0.1, 0.15) is 5.78 Å². The zero-order chi connectivity index (χ0) is 28.2. The molecular weight excluding hydrogens is 492 g/mol. The van der Waals surface area contributed by atoms with E-state index in [0.29, 0.717) is 57.1 Å². The van der Waals surface area contributed by atoms with Crippen molar-refractivity contribution in [1.29, 1.82) is 0 Å². The third-order valence-electron chi connectivity index (χ3n) is 8.40. The van der Waals surface area contributed by atoms with Crippen LogP contribution >= 0.6 is 0 Å². The third kappa shape index (κ3) is 15.8. The van der Waals surface area contributed by atoms with E-state index in [1.54, 1.807) is 6.92 Å². The average Bonchev–Trinajstić information content (AvgIpc) is 2.85. The normalized spacial score (nSPS) is 21.8. The Balaban J connectivity index is 0.00000800. The number of rotatable bonds is 25. The lowest BCUT2D eigenvalue weighted by molar-refractivity contribution is -0.128. The molecule has 2 saturated carbocycles. The predicted molar refractivity (Wildman–Crippen MR) is 161 cm³/mol. The third-order valence-corrected chi connectivity index (χ3v) is 8.40. The van der Waals surface area contributed by atoms with Gasteiger partial charge in [0.25, 0.3) is 0 Å². The molecule has 230 valence electrons. The van der Waals surface area contributed by atoms with Gasteiger partial charge >= 0.3 is 0 Å². The molecule has 0 aromatic carbocycles. The molecule has 2 rings (SSSR count). The van der Waals surface area contributed by atoms with Crippen molar-refractivity contribution in [2.24, 2.45) is 5.41 Å². The van der Waals surface area contributed by atoms with Crippen molar-refractivity contribution in [3.05, 3.63) is 0 Å². The summed E-state index contributed by atoms with van der Waals surface area (Å²) in [5.41, 5.74) is 0.332. The molecule has 0 atom stereocenters. The number of amides is 2. The average molecular weight is 555 g/mol. The number of ketones is 1. The monoisotopic (exact) mass is 554 g/mol. The Morgan fingerprint density at radius 3 is 1.49 bits per heavy atom. The highest BCUT2D eigenvalue weighted by Gasteiger charge is 2.53. The topological polar surface area (TPSA) is 93.7 Å². The van der Waals surface area contributed by atoms with E-state index in [0.717, 1.165) is 32.1 Å². The van der Waals surface area contributed by atoms with Crippen LogP contribution in [0, 0.1) is 5.41 Å². The minimum absolute atomic E-state index is 0. The van der Waals surface area contributed by atoms with Gasteiger partial charge in [-0.25, -0.2) is 0 Å². The number of carbonyl (C=O) groups excluding carboxylic acids is 3. The predicted octanol–water partition coefficient (Wildman–Crippen LogP) is 6.91. The van der Waals surface area contributed by atoms with Crippen molar-refractivity contribution in [3.63, 3.8) is 0 Å². The van der Waals surface area contributed by atoms with Crippen LogP contribution in [0.15, 0.2) is 0 Å². The van der Waals surface area contributed by atoms with E-state index in [4.69, 9.17) is 9.47 Å². The van der Waals surface area contributed by atoms with Crippen LogP contribution in [-0.4, -0.2) is 56.1 Å². The first-order chi connectivity index (χ1) is 18.9. The molecule has 0 aromatic heterocycles. The molecule has 2 N–H and O–H groups in total. The molecule has 0 aromatic rings. The summed E-state index contributed by atoms with van der Waals surface area (Å²) in [6, 6.07) is 0.581. The van der Waals surface area contributed by atoms with Gasteiger partial charge in [0.05, 0.1) is 26.4 Å². The Bertz CT molecular complexity index is 696. The maximum absolute atomic E-state index is 12.3. The fraction of sp³-hybridized carbons (Fsp3) is 0.906. The minimum Gasteiger partial charge on any atom is -0.379 e. The van der Waals surface area contributed by atoms with Gasteiger partial charge in [-0.1, -0.05) is 84.0 Å². The van der Waals surface area contributed by atoms with Gasteiger partial charge in [-0.05, 0) is 44.4 Å². The van der Waals surface area contributed by atoms with Crippen LogP contribution in [0.5, 0.6) is 0 Å². The summed E-state index contributed by atoms with van der Waals surface area (Å²) in [5, 5.41) is 6.34. The van der Waals surface area contributed by atoms with E-state index in [9.17, 15) is 14.4 Å². The number of hydrogen-bond acceptors (Lipinski definition) is 5. The molecule has 2 aliphatic rings. The first-order valence-electron chi connectivity index (χ1n) is 16.2. The van der Waals surface area contributed by atoms with Crippen LogP contribution in [0.25, 0.3) is 0 Å². The second kappa shape index (κ2) is 20.4. The Kier molecular flexibility index (Phi) is 17.7. The molecule has 2 fully saturated rings. The minimum atomic E-state index is 0. The van der Waals surface area contributed by atoms with Crippen LogP contribution in [-0.2, 0) is 23.9 Å². The van der Waals surface area contributed by atoms with E-state index >= 15 is 0 Å². The molecule has 2 amide bonds. The van der Waals surface area contributed by atoms with Crippen molar-refractivity contribution in [2.75, 3.05) is 26.4 Å². The SMILES string of the molecule is CCCCCCCCCCCCCCCC(=O)NC1CC2(C1)CC(NC(=O)CCOCCOCCC(C)=O)C2.[HH].[HH]. The number of nitrogens with one attached hydrogen (secondary N) is 2. The Morgan fingerprint density at radius 1 is 0.615 bits per heavy atom. The van der Waals surface area contributed by atoms with Gasteiger partial charge in [-0.15, -0.1) is 0 Å². The molecule has 39 heavy (non-hydrogen) atoms. The molecule has 1 spiro atoms. The van der Waals surface area contributed by atoms with Gasteiger partial charge in [0, 0.05) is 34.2 Å². The van der Waals surface area contributed by atoms with Gasteiger partial charge in [-0.3, -0.25) is 14.4 Å². The van der Waals surface area contributed by atoms with Gasteiger partial charge in [0.2, 0.25) is 11.8 Å². The van der Waals surface area contributed by atoms with E-state index in [-0.39, 0.29) is 26.5 Å². The van der Waals surface area contributed by atoms with Crippen molar-refractivity contribution >= 4 is 17.6 Å². The number of carbonyl (C=O) groups is 3. The first kappa shape index (κ1) is 33.7. The number of Topliss-reactive ketones (excluding diaryl/α,β-unsaturated/α-hetero) is 1. The quantitative estimate of drug-likeness (QED) is 0.120. The van der Waals surface area contributed by atoms with E-state index < -0.39 is 0 Å². The number of hydrogen-bond donors (Lipinski definition) is 2. The maximum atomic E-state index is 12.3. The van der Waals surface area contributed by atoms with Crippen LogP contribution < -0.4 is 10.6 Å². The zero-order valence-electron chi connectivity index (χ0n) is 25.2. The fourth-order valence-corrected chi connectivity index (χ4v) is 6.11. The lowest BCUT2D eigenvalue weighted by atomic mass is 9.52. The molecule has 0 bridgehead atoms. The van der Waals surface area contributed by atoms with Crippen LogP contribution in [0.2, 0.25) is 0 Å². The van der Waals surface area contributed by atoms with Gasteiger partial charge < -0.3 is 20.1 Å². The second-order valence-electron chi connectivity index (χ2n) is 12.3. The van der Waals surface area contributed by atoms with Gasteiger partial charge in [0.15, 0.2) is 0 Å². The van der Waals surface area contributed by atoms with Crippen LogP contribution in [0.3, 0.4) is 0 Å². The summed E-state index contributed by atoms with van der Waals surface area (Å²) >= 11 is 0. The standard InChI is InChI=1S/C32H58N2O5.2H2/c1-3-4-5-6-7-8-9-10-11-12-13-14-15-16-30(36)33-28-23-32(24-28)25-29(26-32)34-31(37)18-20-39-22-21-38-19-17-27(2)35;;/h28-29H,3-26H2,1-2H3,(H,33,36)(H,34,37);2*1H. The van der Waals surface area contributed by atoms with Crippen molar-refractivity contribution in [1.82, 2.24) is 10.6 Å². The fourth-order valence-electron chi connectivity index (χ4n) is 6.11. The second-order valence-corrected chi connectivity index (χ2v) is 12.3. The number of unbranched alkanes of at least 4 members (excludes halogenated alkanes) is 12. The van der Waals surface area contributed by atoms with Crippen molar-refractivity contribution < 1.29 is 26.7 Å². The molecular formula is C32H62N2O5.